The first kappa shape index (κ1) is 21.3. The summed E-state index contributed by atoms with van der Waals surface area (Å²) in [4.78, 5) is 18.7. The number of aromatic nitrogens is 5. The molecule has 32 heavy (non-hydrogen) atoms. The number of rotatable bonds is 6. The van der Waals surface area contributed by atoms with Crippen LogP contribution < -0.4 is 5.56 Å². The number of hydrogen-bond acceptors (Lipinski definition) is 5. The minimum atomic E-state index is 0.0161. The quantitative estimate of drug-likeness (QED) is 0.614. The average Bonchev–Trinajstić information content (AvgIpc) is 3.49. The van der Waals surface area contributed by atoms with Crippen molar-refractivity contribution in [3.8, 4) is 0 Å². The van der Waals surface area contributed by atoms with Crippen LogP contribution in [0.5, 0.6) is 0 Å². The number of tetrazole rings is 1. The maximum atomic E-state index is 13.1. The summed E-state index contributed by atoms with van der Waals surface area (Å²) in [6.45, 7) is 5.48. The van der Waals surface area contributed by atoms with Crippen LogP contribution in [0.2, 0.25) is 0 Å². The Labute approximate surface area is 189 Å². The fourth-order valence-corrected chi connectivity index (χ4v) is 5.60. The van der Waals surface area contributed by atoms with Crippen molar-refractivity contribution >= 4 is 10.9 Å². The van der Waals surface area contributed by atoms with Crippen LogP contribution in [0.1, 0.15) is 86.3 Å². The molecule has 0 radical (unpaired) electrons. The molecule has 2 heterocycles. The van der Waals surface area contributed by atoms with Crippen LogP contribution in [0, 0.1) is 13.8 Å². The summed E-state index contributed by atoms with van der Waals surface area (Å²) < 4.78 is 2.06. The van der Waals surface area contributed by atoms with Gasteiger partial charge in [0, 0.05) is 18.2 Å². The molecule has 0 atom stereocenters. The highest BCUT2D eigenvalue weighted by Crippen LogP contribution is 2.31. The Bertz CT molecular complexity index is 1140. The Kier molecular flexibility index (Phi) is 6.09. The van der Waals surface area contributed by atoms with Crippen molar-refractivity contribution in [2.45, 2.75) is 96.8 Å². The van der Waals surface area contributed by atoms with Crippen molar-refractivity contribution < 1.29 is 0 Å². The van der Waals surface area contributed by atoms with E-state index < -0.39 is 0 Å². The van der Waals surface area contributed by atoms with Crippen LogP contribution >= 0.6 is 0 Å². The molecule has 0 saturated heterocycles. The zero-order valence-electron chi connectivity index (χ0n) is 19.3. The van der Waals surface area contributed by atoms with Crippen LogP contribution in [-0.2, 0) is 13.1 Å². The highest BCUT2D eigenvalue weighted by molar-refractivity contribution is 5.83. The molecule has 5 rings (SSSR count). The zero-order chi connectivity index (χ0) is 22.1. The number of pyridine rings is 1. The summed E-state index contributed by atoms with van der Waals surface area (Å²) in [6.07, 6.45) is 11.0. The summed E-state index contributed by atoms with van der Waals surface area (Å²) in [7, 11) is 0. The molecule has 0 amide bonds. The topological polar surface area (TPSA) is 79.7 Å². The number of hydrogen-bond donors (Lipinski definition) is 1. The molecule has 2 saturated carbocycles. The molecule has 2 aliphatic carbocycles. The molecule has 2 fully saturated rings. The van der Waals surface area contributed by atoms with E-state index in [4.69, 9.17) is 0 Å². The monoisotopic (exact) mass is 434 g/mol. The smallest absolute Gasteiger partial charge is 0.252 e. The van der Waals surface area contributed by atoms with E-state index in [-0.39, 0.29) is 5.56 Å². The maximum Gasteiger partial charge on any atom is 0.252 e. The summed E-state index contributed by atoms with van der Waals surface area (Å²) in [5.74, 6) is 0.936. The third kappa shape index (κ3) is 4.22. The Hall–Kier alpha value is -2.54. The molecule has 3 aromatic rings. The van der Waals surface area contributed by atoms with Gasteiger partial charge in [-0.1, -0.05) is 44.2 Å². The van der Waals surface area contributed by atoms with E-state index in [9.17, 15) is 4.79 Å². The SMILES string of the molecule is Cc1ccc2cc(CN(Cc3nnnn3C3CCCC3)C3CCCCC3)c(=O)[nH]c2c1C. The number of benzene rings is 1. The van der Waals surface area contributed by atoms with Gasteiger partial charge in [0.2, 0.25) is 0 Å². The largest absolute Gasteiger partial charge is 0.321 e. The van der Waals surface area contributed by atoms with Gasteiger partial charge in [0.1, 0.15) is 0 Å². The van der Waals surface area contributed by atoms with Crippen LogP contribution in [0.15, 0.2) is 23.0 Å². The van der Waals surface area contributed by atoms with Gasteiger partial charge in [0.05, 0.1) is 18.1 Å². The molecule has 170 valence electrons. The Morgan fingerprint density at radius 1 is 1.03 bits per heavy atom. The molecular weight excluding hydrogens is 400 g/mol. The summed E-state index contributed by atoms with van der Waals surface area (Å²) in [5.41, 5.74) is 4.14. The lowest BCUT2D eigenvalue weighted by atomic mass is 9.93. The molecule has 0 aliphatic heterocycles. The molecule has 2 aliphatic rings. The maximum absolute atomic E-state index is 13.1. The first-order valence-corrected chi connectivity index (χ1v) is 12.2. The van der Waals surface area contributed by atoms with E-state index in [2.05, 4.69) is 62.1 Å². The Morgan fingerprint density at radius 3 is 2.56 bits per heavy atom. The van der Waals surface area contributed by atoms with Crippen molar-refractivity contribution in [2.24, 2.45) is 0 Å². The molecule has 1 N–H and O–H groups in total. The van der Waals surface area contributed by atoms with Crippen molar-refractivity contribution in [2.75, 3.05) is 0 Å². The van der Waals surface area contributed by atoms with Gasteiger partial charge in [-0.2, -0.15) is 0 Å². The molecule has 0 bridgehead atoms. The predicted octanol–water partition coefficient (Wildman–Crippen LogP) is 4.58. The minimum absolute atomic E-state index is 0.0161. The van der Waals surface area contributed by atoms with Gasteiger partial charge >= 0.3 is 0 Å². The third-order valence-corrected chi connectivity index (χ3v) is 7.67. The molecular formula is C25H34N6O. The minimum Gasteiger partial charge on any atom is -0.321 e. The lowest BCUT2D eigenvalue weighted by Gasteiger charge is -2.34. The van der Waals surface area contributed by atoms with E-state index in [1.165, 1.54) is 50.5 Å². The second kappa shape index (κ2) is 9.14. The lowest BCUT2D eigenvalue weighted by Crippen LogP contribution is -2.38. The average molecular weight is 435 g/mol. The number of aromatic amines is 1. The first-order chi connectivity index (χ1) is 15.6. The standard InChI is InChI=1S/C25H34N6O/c1-17-12-13-19-14-20(25(32)26-24(19)18(17)2)15-30(21-8-4-3-5-9-21)16-23-27-28-29-31(23)22-10-6-7-11-22/h12-14,21-22H,3-11,15-16H2,1-2H3,(H,26,32). The fourth-order valence-electron chi connectivity index (χ4n) is 5.60. The first-order valence-electron chi connectivity index (χ1n) is 12.2. The summed E-state index contributed by atoms with van der Waals surface area (Å²) in [5, 5.41) is 13.9. The van der Waals surface area contributed by atoms with E-state index in [0.717, 1.165) is 40.7 Å². The van der Waals surface area contributed by atoms with Crippen LogP contribution in [0.4, 0.5) is 0 Å². The van der Waals surface area contributed by atoms with E-state index in [0.29, 0.717) is 25.2 Å². The van der Waals surface area contributed by atoms with Gasteiger partial charge < -0.3 is 4.98 Å². The van der Waals surface area contributed by atoms with Gasteiger partial charge in [0.25, 0.3) is 5.56 Å². The van der Waals surface area contributed by atoms with Crippen molar-refractivity contribution in [1.82, 2.24) is 30.1 Å². The summed E-state index contributed by atoms with van der Waals surface area (Å²) >= 11 is 0. The number of fused-ring (bicyclic) bond motifs is 1. The summed E-state index contributed by atoms with van der Waals surface area (Å²) in [6, 6.07) is 7.21. The van der Waals surface area contributed by atoms with Crippen LogP contribution in [-0.4, -0.2) is 36.1 Å². The van der Waals surface area contributed by atoms with Gasteiger partial charge in [-0.25, -0.2) is 4.68 Å². The van der Waals surface area contributed by atoms with Gasteiger partial charge in [0.15, 0.2) is 5.82 Å². The molecule has 0 unspecified atom stereocenters. The molecule has 2 aromatic heterocycles. The van der Waals surface area contributed by atoms with E-state index in [1.54, 1.807) is 0 Å². The van der Waals surface area contributed by atoms with Crippen molar-refractivity contribution in [3.05, 3.63) is 51.1 Å². The molecule has 7 nitrogen and oxygen atoms in total. The van der Waals surface area contributed by atoms with Crippen molar-refractivity contribution in [1.29, 1.82) is 0 Å². The fraction of sp³-hybridized carbons (Fsp3) is 0.600. The number of nitrogens with one attached hydrogen (secondary N) is 1. The number of aryl methyl sites for hydroxylation is 2. The normalized spacial score (nSPS) is 18.2. The third-order valence-electron chi connectivity index (χ3n) is 7.67. The molecule has 7 heteroatoms. The molecule has 1 aromatic carbocycles. The van der Waals surface area contributed by atoms with Crippen LogP contribution in [0.25, 0.3) is 10.9 Å². The Morgan fingerprint density at radius 2 is 1.78 bits per heavy atom. The second-order valence-corrected chi connectivity index (χ2v) is 9.77. The zero-order valence-corrected chi connectivity index (χ0v) is 19.3. The molecule has 0 spiro atoms. The highest BCUT2D eigenvalue weighted by atomic mass is 16.1. The number of nitrogens with zero attached hydrogens (tertiary/aromatic N) is 5. The van der Waals surface area contributed by atoms with E-state index >= 15 is 0 Å². The second-order valence-electron chi connectivity index (χ2n) is 9.77. The van der Waals surface area contributed by atoms with E-state index in [1.807, 2.05) is 0 Å². The van der Waals surface area contributed by atoms with Crippen LogP contribution in [0.3, 0.4) is 0 Å². The van der Waals surface area contributed by atoms with Gasteiger partial charge in [-0.05, 0) is 72.5 Å². The predicted molar refractivity (Wildman–Crippen MR) is 125 cm³/mol. The number of H-pyrrole nitrogens is 1. The van der Waals surface area contributed by atoms with Crippen molar-refractivity contribution in [3.63, 3.8) is 0 Å². The lowest BCUT2D eigenvalue weighted by molar-refractivity contribution is 0.132. The van der Waals surface area contributed by atoms with Gasteiger partial charge in [-0.15, -0.1) is 5.10 Å². The van der Waals surface area contributed by atoms with Gasteiger partial charge in [-0.3, -0.25) is 9.69 Å². The Balaban J connectivity index is 1.46. The highest BCUT2D eigenvalue weighted by Gasteiger charge is 2.27.